The molecule has 0 unspecified atom stereocenters. The number of hydrogen-bond acceptors (Lipinski definition) is 6. The molecule has 0 amide bonds. The molecular formula is C28H34NO6+. The number of hydroxylamine groups is 1. The van der Waals surface area contributed by atoms with Crippen molar-refractivity contribution in [3.05, 3.63) is 108 Å². The maximum atomic E-state index is 9.62. The molecule has 4 rings (SSSR count). The average Bonchev–Trinajstić information content (AvgIpc) is 2.92. The minimum absolute atomic E-state index is 0.274. The molecule has 186 valence electrons. The van der Waals surface area contributed by atoms with E-state index < -0.39 is 30.7 Å². The normalized spacial score (nSPS) is 24.3. The van der Waals surface area contributed by atoms with E-state index in [-0.39, 0.29) is 6.54 Å². The standard InChI is InChI=1S/C28H33NO6/c1-31-28-27(34-20-23-15-9-4-10-16-23)26(33-19-22-13-7-3-8-14-22)25(24(35-28)17-29-30)32-18-21-11-5-2-6-12-21/h2-16,24-30H,17-20H2,1H3/p+1/t24-,25-,26+,27-,28+/m1/s1. The lowest BCUT2D eigenvalue weighted by Crippen LogP contribution is -2.85. The van der Waals surface area contributed by atoms with E-state index in [1.54, 1.807) is 7.11 Å². The fourth-order valence-electron chi connectivity index (χ4n) is 4.23. The maximum Gasteiger partial charge on any atom is 0.186 e. The van der Waals surface area contributed by atoms with Crippen LogP contribution in [0.3, 0.4) is 0 Å². The third-order valence-corrected chi connectivity index (χ3v) is 6.02. The van der Waals surface area contributed by atoms with Crippen LogP contribution < -0.4 is 5.48 Å². The number of nitrogens with two attached hydrogens (primary N) is 1. The van der Waals surface area contributed by atoms with Gasteiger partial charge >= 0.3 is 0 Å². The highest BCUT2D eigenvalue weighted by Crippen LogP contribution is 2.30. The first-order valence-corrected chi connectivity index (χ1v) is 11.9. The molecule has 0 aliphatic carbocycles. The van der Waals surface area contributed by atoms with Crippen molar-refractivity contribution in [1.29, 1.82) is 0 Å². The van der Waals surface area contributed by atoms with Gasteiger partial charge in [0.15, 0.2) is 6.29 Å². The second kappa shape index (κ2) is 13.5. The highest BCUT2D eigenvalue weighted by atomic mass is 16.7. The van der Waals surface area contributed by atoms with Gasteiger partial charge in [-0.05, 0) is 16.7 Å². The third kappa shape index (κ3) is 7.19. The summed E-state index contributed by atoms with van der Waals surface area (Å²) in [5.74, 6) is 0. The molecule has 0 radical (unpaired) electrons. The summed E-state index contributed by atoms with van der Waals surface area (Å²) in [5.41, 5.74) is 4.21. The lowest BCUT2D eigenvalue weighted by atomic mass is 9.97. The van der Waals surface area contributed by atoms with Crippen LogP contribution in [-0.4, -0.2) is 49.6 Å². The van der Waals surface area contributed by atoms with Gasteiger partial charge in [0.05, 0.1) is 19.8 Å². The van der Waals surface area contributed by atoms with Crippen LogP contribution in [0, 0.1) is 0 Å². The molecule has 7 heteroatoms. The smallest absolute Gasteiger partial charge is 0.186 e. The van der Waals surface area contributed by atoms with Gasteiger partial charge in [0.1, 0.15) is 31.0 Å². The van der Waals surface area contributed by atoms with Crippen molar-refractivity contribution in [3.63, 3.8) is 0 Å². The Labute approximate surface area is 206 Å². The highest BCUT2D eigenvalue weighted by Gasteiger charge is 2.49. The van der Waals surface area contributed by atoms with E-state index in [4.69, 9.17) is 23.7 Å². The predicted octanol–water partition coefficient (Wildman–Crippen LogP) is 3.07. The molecular weight excluding hydrogens is 446 g/mol. The van der Waals surface area contributed by atoms with E-state index in [1.807, 2.05) is 91.0 Å². The van der Waals surface area contributed by atoms with Crippen molar-refractivity contribution < 1.29 is 34.4 Å². The van der Waals surface area contributed by atoms with Crippen molar-refractivity contribution in [3.8, 4) is 0 Å². The van der Waals surface area contributed by atoms with Gasteiger partial charge in [-0.25, -0.2) is 10.7 Å². The molecule has 1 aliphatic heterocycles. The molecule has 5 atom stereocenters. The van der Waals surface area contributed by atoms with E-state index >= 15 is 0 Å². The van der Waals surface area contributed by atoms with E-state index in [0.717, 1.165) is 22.2 Å². The zero-order valence-corrected chi connectivity index (χ0v) is 19.9. The monoisotopic (exact) mass is 480 g/mol. The van der Waals surface area contributed by atoms with Crippen LogP contribution in [0.5, 0.6) is 0 Å². The minimum atomic E-state index is -0.680. The van der Waals surface area contributed by atoms with Gasteiger partial charge in [-0.2, -0.15) is 0 Å². The SMILES string of the molecule is CO[C@H]1O[C@H](C[NH2+]O)[C@@H](OCc2ccccc2)[C@H](OCc2ccccc2)[C@H]1OCc1ccccc1. The molecule has 1 fully saturated rings. The van der Waals surface area contributed by atoms with Gasteiger partial charge in [0.25, 0.3) is 0 Å². The largest absolute Gasteiger partial charge is 0.368 e. The summed E-state index contributed by atoms with van der Waals surface area (Å²) in [4.78, 5) is 0. The van der Waals surface area contributed by atoms with Crippen molar-refractivity contribution in [2.75, 3.05) is 13.7 Å². The van der Waals surface area contributed by atoms with Crippen molar-refractivity contribution in [2.45, 2.75) is 50.5 Å². The Morgan fingerprint density at radius 2 is 1.09 bits per heavy atom. The van der Waals surface area contributed by atoms with Crippen LogP contribution in [0.25, 0.3) is 0 Å². The Kier molecular flexibility index (Phi) is 9.80. The second-order valence-electron chi connectivity index (χ2n) is 8.48. The van der Waals surface area contributed by atoms with Crippen LogP contribution in [0.1, 0.15) is 16.7 Å². The first kappa shape index (κ1) is 25.5. The number of methoxy groups -OCH3 is 1. The Balaban J connectivity index is 1.58. The van der Waals surface area contributed by atoms with E-state index in [1.165, 1.54) is 0 Å². The summed E-state index contributed by atoms with van der Waals surface area (Å²) in [7, 11) is 1.59. The molecule has 35 heavy (non-hydrogen) atoms. The van der Waals surface area contributed by atoms with Crippen LogP contribution in [-0.2, 0) is 43.5 Å². The fraction of sp³-hybridized carbons (Fsp3) is 0.357. The Hall–Kier alpha value is -2.62. The number of quaternary nitrogens is 1. The lowest BCUT2D eigenvalue weighted by Gasteiger charge is -2.44. The number of hydrogen-bond donors (Lipinski definition) is 2. The van der Waals surface area contributed by atoms with Crippen LogP contribution in [0.4, 0.5) is 0 Å². The van der Waals surface area contributed by atoms with Crippen LogP contribution >= 0.6 is 0 Å². The summed E-state index contributed by atoms with van der Waals surface area (Å²) < 4.78 is 31.1. The van der Waals surface area contributed by atoms with E-state index in [2.05, 4.69) is 0 Å². The summed E-state index contributed by atoms with van der Waals surface area (Å²) >= 11 is 0. The number of benzene rings is 3. The number of ether oxygens (including phenoxy) is 5. The van der Waals surface area contributed by atoms with Gasteiger partial charge in [0.2, 0.25) is 0 Å². The van der Waals surface area contributed by atoms with Crippen molar-refractivity contribution in [2.24, 2.45) is 0 Å². The quantitative estimate of drug-likeness (QED) is 0.388. The molecule has 1 aliphatic rings. The summed E-state index contributed by atoms with van der Waals surface area (Å²) in [6.45, 7) is 1.41. The van der Waals surface area contributed by atoms with Gasteiger partial charge in [-0.15, -0.1) is 0 Å². The summed E-state index contributed by atoms with van der Waals surface area (Å²) in [5, 5.41) is 9.62. The van der Waals surface area contributed by atoms with E-state index in [0.29, 0.717) is 19.8 Å². The lowest BCUT2D eigenvalue weighted by molar-refractivity contribution is -0.890. The zero-order valence-electron chi connectivity index (χ0n) is 19.9. The fourth-order valence-corrected chi connectivity index (χ4v) is 4.23. The van der Waals surface area contributed by atoms with Crippen molar-refractivity contribution in [1.82, 2.24) is 0 Å². The molecule has 0 aromatic heterocycles. The number of rotatable bonds is 12. The van der Waals surface area contributed by atoms with E-state index in [9.17, 15) is 5.21 Å². The maximum absolute atomic E-state index is 9.62. The molecule has 0 saturated carbocycles. The Morgan fingerprint density at radius 3 is 1.51 bits per heavy atom. The molecule has 1 heterocycles. The van der Waals surface area contributed by atoms with Crippen LogP contribution in [0.2, 0.25) is 0 Å². The zero-order chi connectivity index (χ0) is 24.3. The second-order valence-corrected chi connectivity index (χ2v) is 8.48. The topological polar surface area (TPSA) is 83.0 Å². The molecule has 0 bridgehead atoms. The third-order valence-electron chi connectivity index (χ3n) is 6.02. The Morgan fingerprint density at radius 1 is 0.657 bits per heavy atom. The molecule has 1 saturated heterocycles. The summed E-state index contributed by atoms with van der Waals surface area (Å²) in [6.07, 6.45) is -2.67. The molecule has 3 aromatic rings. The first-order valence-electron chi connectivity index (χ1n) is 11.9. The molecule has 7 nitrogen and oxygen atoms in total. The first-order chi connectivity index (χ1) is 17.3. The minimum Gasteiger partial charge on any atom is -0.368 e. The van der Waals surface area contributed by atoms with Gasteiger partial charge < -0.3 is 23.7 Å². The molecule has 3 N–H and O–H groups in total. The Bertz CT molecular complexity index is 975. The van der Waals surface area contributed by atoms with Gasteiger partial charge in [-0.1, -0.05) is 91.0 Å². The van der Waals surface area contributed by atoms with Crippen molar-refractivity contribution >= 4 is 0 Å². The molecule has 3 aromatic carbocycles. The summed E-state index contributed by atoms with van der Waals surface area (Å²) in [6, 6.07) is 29.9. The van der Waals surface area contributed by atoms with Gasteiger partial charge in [0, 0.05) is 7.11 Å². The average molecular weight is 481 g/mol. The highest BCUT2D eigenvalue weighted by molar-refractivity contribution is 5.15. The van der Waals surface area contributed by atoms with Gasteiger partial charge in [-0.3, -0.25) is 0 Å². The van der Waals surface area contributed by atoms with Crippen LogP contribution in [0.15, 0.2) is 91.0 Å². The predicted molar refractivity (Wildman–Crippen MR) is 129 cm³/mol. The molecule has 0 spiro atoms.